The number of aromatic nitrogens is 2. The number of amides is 1. The first-order chi connectivity index (χ1) is 14.9. The van der Waals surface area contributed by atoms with Gasteiger partial charge in [-0.15, -0.1) is 11.3 Å². The number of carbonyl (C=O) groups is 1. The Kier molecular flexibility index (Phi) is 5.37. The maximum atomic E-state index is 13.0. The van der Waals surface area contributed by atoms with Gasteiger partial charge >= 0.3 is 0 Å². The van der Waals surface area contributed by atoms with Gasteiger partial charge in [0.15, 0.2) is 10.1 Å². The molecule has 0 saturated carbocycles. The average molecular weight is 477 g/mol. The van der Waals surface area contributed by atoms with Crippen LogP contribution in [0.4, 0.5) is 5.69 Å². The Hall–Kier alpha value is -2.20. The van der Waals surface area contributed by atoms with Crippen molar-refractivity contribution >= 4 is 55.6 Å². The van der Waals surface area contributed by atoms with Crippen LogP contribution in [0.5, 0.6) is 0 Å². The minimum absolute atomic E-state index is 0.174. The Morgan fingerprint density at radius 2 is 1.97 bits per heavy atom. The molecule has 0 spiro atoms. The van der Waals surface area contributed by atoms with Gasteiger partial charge in [-0.1, -0.05) is 18.0 Å². The molecule has 0 N–H and O–H groups in total. The monoisotopic (exact) mass is 476 g/mol. The molecule has 3 aromatic rings. The summed E-state index contributed by atoms with van der Waals surface area (Å²) in [5.74, 6) is -0.174. The van der Waals surface area contributed by atoms with Crippen molar-refractivity contribution in [2.45, 2.75) is 30.6 Å². The number of imidazole rings is 1. The number of piperidine rings is 1. The summed E-state index contributed by atoms with van der Waals surface area (Å²) in [5, 5.41) is 2.26. The molecule has 0 bridgehead atoms. The summed E-state index contributed by atoms with van der Waals surface area (Å²) in [7, 11) is -3.49. The molecule has 1 fully saturated rings. The largest absolute Gasteiger partial charge is 0.308 e. The number of benzene rings is 1. The van der Waals surface area contributed by atoms with Crippen LogP contribution in [-0.2, 0) is 21.2 Å². The van der Waals surface area contributed by atoms with Crippen LogP contribution in [0.25, 0.3) is 11.0 Å². The van der Waals surface area contributed by atoms with E-state index in [-0.39, 0.29) is 5.91 Å². The van der Waals surface area contributed by atoms with Crippen molar-refractivity contribution in [1.29, 1.82) is 0 Å². The van der Waals surface area contributed by atoms with Gasteiger partial charge in [-0.2, -0.15) is 4.31 Å². The molecule has 0 aliphatic carbocycles. The molecule has 0 unspecified atom stereocenters. The SMILES string of the molecule is O=C(/C=C/c1c(Cl)nc2sccn12)N1CCc2cc(S(=O)(=O)N3CCCCC3)ccc21. The van der Waals surface area contributed by atoms with E-state index in [0.29, 0.717) is 41.8 Å². The number of nitrogens with zero attached hydrogens (tertiary/aromatic N) is 4. The molecule has 5 rings (SSSR count). The predicted octanol–water partition coefficient (Wildman–Crippen LogP) is 3.83. The highest BCUT2D eigenvalue weighted by Gasteiger charge is 2.29. The third kappa shape index (κ3) is 3.69. The molecule has 7 nitrogen and oxygen atoms in total. The van der Waals surface area contributed by atoms with Crippen LogP contribution >= 0.6 is 22.9 Å². The molecule has 1 saturated heterocycles. The fourth-order valence-electron chi connectivity index (χ4n) is 4.19. The first-order valence-corrected chi connectivity index (χ1v) is 12.9. The second-order valence-electron chi connectivity index (χ2n) is 7.67. The van der Waals surface area contributed by atoms with Crippen LogP contribution in [0.15, 0.2) is 40.7 Å². The molecular formula is C21H21ClN4O3S2. The highest BCUT2D eigenvalue weighted by atomic mass is 35.5. The number of anilines is 1. The van der Waals surface area contributed by atoms with Gasteiger partial charge in [-0.3, -0.25) is 9.20 Å². The van der Waals surface area contributed by atoms with Crippen molar-refractivity contribution in [2.75, 3.05) is 24.5 Å². The zero-order valence-electron chi connectivity index (χ0n) is 16.7. The summed E-state index contributed by atoms with van der Waals surface area (Å²) < 4.78 is 29.3. The standard InChI is InChI=1S/C21H21ClN4O3S2/c22-20-18(26-12-13-30-21(26)23-20)6-7-19(27)25-11-8-15-14-16(4-5-17(15)25)31(28,29)24-9-2-1-3-10-24/h4-7,12-14H,1-3,8-11H2/b7-6+. The van der Waals surface area contributed by atoms with Crippen molar-refractivity contribution in [3.8, 4) is 0 Å². The maximum Gasteiger partial charge on any atom is 0.251 e. The van der Waals surface area contributed by atoms with Crippen molar-refractivity contribution in [1.82, 2.24) is 13.7 Å². The molecule has 4 heterocycles. The van der Waals surface area contributed by atoms with Gasteiger partial charge in [0.25, 0.3) is 5.91 Å². The molecular weight excluding hydrogens is 456 g/mol. The Morgan fingerprint density at radius 1 is 1.16 bits per heavy atom. The summed E-state index contributed by atoms with van der Waals surface area (Å²) in [5.41, 5.74) is 2.29. The summed E-state index contributed by atoms with van der Waals surface area (Å²) in [4.78, 5) is 19.9. The second-order valence-corrected chi connectivity index (χ2v) is 10.8. The number of carbonyl (C=O) groups excluding carboxylic acids is 1. The van der Waals surface area contributed by atoms with Crippen LogP contribution < -0.4 is 4.90 Å². The van der Waals surface area contributed by atoms with Gasteiger partial charge in [0.2, 0.25) is 10.0 Å². The fraction of sp³-hybridized carbons (Fsp3) is 0.333. The highest BCUT2D eigenvalue weighted by Crippen LogP contribution is 2.32. The lowest BCUT2D eigenvalue weighted by molar-refractivity contribution is -0.114. The molecule has 0 radical (unpaired) electrons. The average Bonchev–Trinajstić information content (AvgIpc) is 3.47. The van der Waals surface area contributed by atoms with E-state index in [1.807, 2.05) is 16.0 Å². The van der Waals surface area contributed by atoms with E-state index in [4.69, 9.17) is 11.6 Å². The summed E-state index contributed by atoms with van der Waals surface area (Å²) in [6.45, 7) is 1.66. The maximum absolute atomic E-state index is 13.0. The lowest BCUT2D eigenvalue weighted by atomic mass is 10.2. The normalized spacial score (nSPS) is 17.6. The zero-order chi connectivity index (χ0) is 21.6. The number of sulfonamides is 1. The number of hydrogen-bond donors (Lipinski definition) is 0. The van der Waals surface area contributed by atoms with E-state index in [1.54, 1.807) is 33.5 Å². The molecule has 1 amide bonds. The van der Waals surface area contributed by atoms with Crippen LogP contribution in [-0.4, -0.2) is 47.6 Å². The number of rotatable bonds is 4. The van der Waals surface area contributed by atoms with Crippen molar-refractivity contribution in [3.63, 3.8) is 0 Å². The van der Waals surface area contributed by atoms with Crippen molar-refractivity contribution in [3.05, 3.63) is 52.3 Å². The first kappa shape index (κ1) is 20.7. The van der Waals surface area contributed by atoms with Gasteiger partial charge in [-0.25, -0.2) is 13.4 Å². The summed E-state index contributed by atoms with van der Waals surface area (Å²) in [6.07, 6.45) is 8.52. The van der Waals surface area contributed by atoms with Gasteiger partial charge in [-0.05, 0) is 49.1 Å². The Balaban J connectivity index is 1.37. The van der Waals surface area contributed by atoms with Crippen molar-refractivity contribution in [2.24, 2.45) is 0 Å². The lowest BCUT2D eigenvalue weighted by Gasteiger charge is -2.26. The van der Waals surface area contributed by atoms with E-state index in [0.717, 1.165) is 35.5 Å². The van der Waals surface area contributed by atoms with E-state index >= 15 is 0 Å². The third-order valence-electron chi connectivity index (χ3n) is 5.80. The second kappa shape index (κ2) is 8.05. The fourth-order valence-corrected chi connectivity index (χ4v) is 6.76. The summed E-state index contributed by atoms with van der Waals surface area (Å²) >= 11 is 7.67. The molecule has 2 aliphatic rings. The zero-order valence-corrected chi connectivity index (χ0v) is 19.1. The molecule has 1 aromatic carbocycles. The van der Waals surface area contributed by atoms with Crippen LogP contribution in [0.3, 0.4) is 0 Å². The Labute approximate surface area is 189 Å². The smallest absolute Gasteiger partial charge is 0.251 e. The topological polar surface area (TPSA) is 75.0 Å². The molecule has 10 heteroatoms. The molecule has 31 heavy (non-hydrogen) atoms. The van der Waals surface area contributed by atoms with E-state index in [9.17, 15) is 13.2 Å². The third-order valence-corrected chi connectivity index (χ3v) is 8.73. The molecule has 2 aliphatic heterocycles. The number of thiazole rings is 1. The van der Waals surface area contributed by atoms with Gasteiger partial charge in [0, 0.05) is 43.0 Å². The van der Waals surface area contributed by atoms with E-state index in [2.05, 4.69) is 4.98 Å². The van der Waals surface area contributed by atoms with Crippen LogP contribution in [0, 0.1) is 0 Å². The van der Waals surface area contributed by atoms with Gasteiger partial charge in [0.05, 0.1) is 10.6 Å². The van der Waals surface area contributed by atoms with Crippen molar-refractivity contribution < 1.29 is 13.2 Å². The lowest BCUT2D eigenvalue weighted by Crippen LogP contribution is -2.35. The summed E-state index contributed by atoms with van der Waals surface area (Å²) in [6, 6.07) is 5.08. The quantitative estimate of drug-likeness (QED) is 0.536. The molecule has 162 valence electrons. The number of halogens is 1. The minimum Gasteiger partial charge on any atom is -0.308 e. The number of hydrogen-bond acceptors (Lipinski definition) is 5. The molecule has 2 aromatic heterocycles. The van der Waals surface area contributed by atoms with Crippen LogP contribution in [0.2, 0.25) is 5.15 Å². The Bertz CT molecular complexity index is 1290. The van der Waals surface area contributed by atoms with E-state index in [1.165, 1.54) is 17.4 Å². The predicted molar refractivity (Wildman–Crippen MR) is 122 cm³/mol. The first-order valence-electron chi connectivity index (χ1n) is 10.2. The van der Waals surface area contributed by atoms with Gasteiger partial charge < -0.3 is 4.90 Å². The Morgan fingerprint density at radius 3 is 2.77 bits per heavy atom. The molecule has 0 atom stereocenters. The van der Waals surface area contributed by atoms with Crippen LogP contribution in [0.1, 0.15) is 30.5 Å². The minimum atomic E-state index is -3.49. The number of fused-ring (bicyclic) bond motifs is 2. The van der Waals surface area contributed by atoms with Gasteiger partial charge in [0.1, 0.15) is 0 Å². The van der Waals surface area contributed by atoms with E-state index < -0.39 is 10.0 Å². The highest BCUT2D eigenvalue weighted by molar-refractivity contribution is 7.89.